The molecule has 1 amide bonds. The molecular weight excluding hydrogens is 477 g/mol. The van der Waals surface area contributed by atoms with Crippen molar-refractivity contribution >= 4 is 22.9 Å². The van der Waals surface area contributed by atoms with Gasteiger partial charge in [0.25, 0.3) is 5.91 Å². The monoisotopic (exact) mass is 502 g/mol. The number of nitrogens with one attached hydrogen (secondary N) is 1. The summed E-state index contributed by atoms with van der Waals surface area (Å²) in [6.45, 7) is 5.60. The number of rotatable bonds is 5. The Bertz CT molecular complexity index is 1290. The van der Waals surface area contributed by atoms with Crippen molar-refractivity contribution in [3.8, 4) is 11.5 Å². The van der Waals surface area contributed by atoms with Crippen LogP contribution in [0.1, 0.15) is 41.2 Å². The average molecular weight is 502 g/mol. The topological polar surface area (TPSA) is 77.9 Å². The number of aromatic nitrogens is 2. The fraction of sp³-hybridized carbons (Fsp3) is 0.360. The second-order valence-electron chi connectivity index (χ2n) is 8.61. The Morgan fingerprint density at radius 3 is 2.83 bits per heavy atom. The summed E-state index contributed by atoms with van der Waals surface area (Å²) in [5.41, 5.74) is 0.197. The van der Waals surface area contributed by atoms with Crippen molar-refractivity contribution in [2.24, 2.45) is 0 Å². The van der Waals surface area contributed by atoms with Gasteiger partial charge in [-0.3, -0.25) is 10.1 Å². The van der Waals surface area contributed by atoms with Gasteiger partial charge in [0.1, 0.15) is 25.0 Å². The first-order valence-corrected chi connectivity index (χ1v) is 11.7. The lowest BCUT2D eigenvalue weighted by molar-refractivity contribution is -0.137. The Morgan fingerprint density at radius 2 is 2.03 bits per heavy atom. The lowest BCUT2D eigenvalue weighted by atomic mass is 10.1. The molecule has 3 heterocycles. The number of anilines is 1. The van der Waals surface area contributed by atoms with E-state index in [4.69, 9.17) is 14.3 Å². The minimum absolute atomic E-state index is 0.123. The largest absolute Gasteiger partial charge is 0.486 e. The number of imidazole rings is 1. The Morgan fingerprint density at radius 1 is 1.19 bits per heavy atom. The number of hydroxylamine groups is 2. The van der Waals surface area contributed by atoms with Crippen molar-refractivity contribution in [2.75, 3.05) is 31.6 Å². The molecule has 1 unspecified atom stereocenters. The van der Waals surface area contributed by atoms with Gasteiger partial charge in [0.2, 0.25) is 5.95 Å². The first-order chi connectivity index (χ1) is 17.3. The van der Waals surface area contributed by atoms with Gasteiger partial charge in [0.15, 0.2) is 11.5 Å². The van der Waals surface area contributed by atoms with E-state index in [1.807, 2.05) is 4.57 Å². The van der Waals surface area contributed by atoms with Gasteiger partial charge >= 0.3 is 6.18 Å². The number of nitrogens with zero attached hydrogens (tertiary/aromatic N) is 3. The zero-order valence-electron chi connectivity index (χ0n) is 19.4. The molecule has 2 aliphatic rings. The van der Waals surface area contributed by atoms with E-state index in [1.165, 1.54) is 18.4 Å². The van der Waals surface area contributed by atoms with E-state index in [9.17, 15) is 18.0 Å². The van der Waals surface area contributed by atoms with Crippen LogP contribution in [0, 0.1) is 0 Å². The third-order valence-corrected chi connectivity index (χ3v) is 6.23. The van der Waals surface area contributed by atoms with Crippen molar-refractivity contribution in [1.29, 1.82) is 0 Å². The average Bonchev–Trinajstić information content (AvgIpc) is 3.07. The summed E-state index contributed by atoms with van der Waals surface area (Å²) in [4.78, 5) is 23.3. The van der Waals surface area contributed by atoms with E-state index in [-0.39, 0.29) is 17.6 Å². The van der Waals surface area contributed by atoms with E-state index in [1.54, 1.807) is 17.2 Å². The third kappa shape index (κ3) is 4.70. The van der Waals surface area contributed by atoms with Gasteiger partial charge in [-0.25, -0.2) is 4.98 Å². The molecule has 2 aliphatic heterocycles. The number of hydrogen-bond acceptors (Lipinski definition) is 6. The van der Waals surface area contributed by atoms with Crippen LogP contribution in [0.5, 0.6) is 11.5 Å². The van der Waals surface area contributed by atoms with Gasteiger partial charge in [-0.2, -0.15) is 13.2 Å². The third-order valence-electron chi connectivity index (χ3n) is 6.23. The fourth-order valence-electron chi connectivity index (χ4n) is 4.64. The quantitative estimate of drug-likeness (QED) is 0.485. The number of halogens is 3. The highest BCUT2D eigenvalue weighted by atomic mass is 19.4. The Kier molecular flexibility index (Phi) is 6.48. The molecule has 2 aromatic carbocycles. The van der Waals surface area contributed by atoms with Crippen LogP contribution in [0.15, 0.2) is 49.2 Å². The number of amides is 1. The molecule has 1 N–H and O–H groups in total. The van der Waals surface area contributed by atoms with Crippen LogP contribution >= 0.6 is 0 Å². The molecule has 0 saturated carbocycles. The molecule has 1 saturated heterocycles. The van der Waals surface area contributed by atoms with Crippen molar-refractivity contribution < 1.29 is 32.3 Å². The van der Waals surface area contributed by atoms with E-state index in [0.717, 1.165) is 31.4 Å². The molecular formula is C25H25F3N4O4. The summed E-state index contributed by atoms with van der Waals surface area (Å²) in [7, 11) is 0. The van der Waals surface area contributed by atoms with Gasteiger partial charge < -0.3 is 18.9 Å². The highest BCUT2D eigenvalue weighted by Crippen LogP contribution is 2.41. The van der Waals surface area contributed by atoms with Crippen LogP contribution < -0.4 is 14.8 Å². The van der Waals surface area contributed by atoms with Crippen molar-refractivity contribution in [1.82, 2.24) is 14.6 Å². The number of carbonyl (C=O) groups is 1. The molecule has 1 atom stereocenters. The molecule has 3 aromatic rings. The van der Waals surface area contributed by atoms with E-state index < -0.39 is 17.6 Å². The number of carbonyl (C=O) groups excluding carboxylic acids is 1. The fourth-order valence-corrected chi connectivity index (χ4v) is 4.64. The minimum Gasteiger partial charge on any atom is -0.486 e. The zero-order chi connectivity index (χ0) is 25.3. The molecule has 190 valence electrons. The van der Waals surface area contributed by atoms with Crippen molar-refractivity contribution in [2.45, 2.75) is 31.5 Å². The van der Waals surface area contributed by atoms with Crippen LogP contribution in [0.25, 0.3) is 11.0 Å². The molecule has 5 rings (SSSR count). The lowest BCUT2D eigenvalue weighted by Crippen LogP contribution is -2.29. The highest BCUT2D eigenvalue weighted by Gasteiger charge is 2.32. The van der Waals surface area contributed by atoms with Crippen molar-refractivity contribution in [3.63, 3.8) is 0 Å². The predicted octanol–water partition coefficient (Wildman–Crippen LogP) is 5.18. The molecule has 0 aliphatic carbocycles. The van der Waals surface area contributed by atoms with Crippen molar-refractivity contribution in [3.05, 3.63) is 60.4 Å². The second kappa shape index (κ2) is 9.73. The summed E-state index contributed by atoms with van der Waals surface area (Å²) < 4.78 is 53.2. The van der Waals surface area contributed by atoms with Crippen LogP contribution in [0.2, 0.25) is 0 Å². The van der Waals surface area contributed by atoms with Gasteiger partial charge in [0.05, 0.1) is 23.7 Å². The molecule has 0 bridgehead atoms. The Labute approximate surface area is 205 Å². The van der Waals surface area contributed by atoms with E-state index in [0.29, 0.717) is 48.8 Å². The zero-order valence-corrected chi connectivity index (χ0v) is 19.4. The molecule has 1 aromatic heterocycles. The second-order valence-corrected chi connectivity index (χ2v) is 8.61. The lowest BCUT2D eigenvalue weighted by Gasteiger charge is -2.26. The van der Waals surface area contributed by atoms with E-state index in [2.05, 4.69) is 16.9 Å². The van der Waals surface area contributed by atoms with Gasteiger partial charge in [-0.05, 0) is 49.6 Å². The molecule has 0 radical (unpaired) electrons. The Hall–Kier alpha value is -3.73. The summed E-state index contributed by atoms with van der Waals surface area (Å²) in [5, 5.41) is 4.53. The number of alkyl halides is 3. The predicted molar refractivity (Wildman–Crippen MR) is 126 cm³/mol. The maximum absolute atomic E-state index is 13.2. The number of benzene rings is 2. The Balaban J connectivity index is 1.58. The molecule has 8 nitrogen and oxygen atoms in total. The van der Waals surface area contributed by atoms with E-state index >= 15 is 0 Å². The van der Waals surface area contributed by atoms with Crippen LogP contribution in [0.3, 0.4) is 0 Å². The normalized spacial score (nSPS) is 18.5. The van der Waals surface area contributed by atoms with Gasteiger partial charge in [0, 0.05) is 12.1 Å². The summed E-state index contributed by atoms with van der Waals surface area (Å²) >= 11 is 0. The maximum atomic E-state index is 13.2. The smallest absolute Gasteiger partial charge is 0.416 e. The standard InChI is InChI=1S/C25H25F3N4O4/c1-2-36-31-11-4-3-8-18(15-31)32-21-19(9-10-20-22(21)35-13-12-34-20)29-24(32)30-23(33)16-6-5-7-17(14-16)25(26,27)28/h2,5-7,9-10,14,18H,1,3-4,8,11-13,15H2,(H,29,30,33). The first-order valence-electron chi connectivity index (χ1n) is 11.7. The maximum Gasteiger partial charge on any atom is 0.416 e. The van der Waals surface area contributed by atoms with Crippen LogP contribution in [0.4, 0.5) is 19.1 Å². The van der Waals surface area contributed by atoms with Gasteiger partial charge in [-0.15, -0.1) is 5.06 Å². The SMILES string of the molecule is C=CON1CCCCC(n2c(NC(=O)c3cccc(C(F)(F)F)c3)nc3ccc4c(c32)OCCO4)C1. The number of hydrogen-bond donors (Lipinski definition) is 1. The first kappa shape index (κ1) is 24.0. The van der Waals surface area contributed by atoms with Gasteiger partial charge in [-0.1, -0.05) is 12.6 Å². The summed E-state index contributed by atoms with van der Waals surface area (Å²) in [6, 6.07) is 7.65. The number of ether oxygens (including phenoxy) is 2. The molecule has 36 heavy (non-hydrogen) atoms. The molecule has 0 spiro atoms. The minimum atomic E-state index is -4.56. The highest BCUT2D eigenvalue weighted by molar-refractivity contribution is 6.04. The van der Waals surface area contributed by atoms with Crippen LogP contribution in [-0.2, 0) is 11.0 Å². The number of fused-ring (bicyclic) bond motifs is 3. The molecule has 1 fully saturated rings. The summed E-state index contributed by atoms with van der Waals surface area (Å²) in [6.07, 6.45) is -0.632. The summed E-state index contributed by atoms with van der Waals surface area (Å²) in [5.74, 6) is 0.599. The van der Waals surface area contributed by atoms with Crippen LogP contribution in [-0.4, -0.2) is 46.8 Å². The molecule has 11 heteroatoms.